The lowest BCUT2D eigenvalue weighted by molar-refractivity contribution is -0.119. The minimum atomic E-state index is 0. The van der Waals surface area contributed by atoms with Crippen molar-refractivity contribution in [3.63, 3.8) is 0 Å². The first kappa shape index (κ1) is 22.6. The molecule has 1 saturated carbocycles. The van der Waals surface area contributed by atoms with Crippen molar-refractivity contribution in [3.05, 3.63) is 59.1 Å². The van der Waals surface area contributed by atoms with Crippen LogP contribution in [0.2, 0.25) is 5.02 Å². The lowest BCUT2D eigenvalue weighted by atomic mass is 10.1. The number of benzene rings is 2. The predicted molar refractivity (Wildman–Crippen MR) is 114 cm³/mol. The molecule has 1 amide bonds. The van der Waals surface area contributed by atoms with Crippen LogP contribution in [0.4, 0.5) is 11.4 Å². The Morgan fingerprint density at radius 2 is 1.85 bits per heavy atom. The minimum absolute atomic E-state index is 0. The molecule has 0 bridgehead atoms. The van der Waals surface area contributed by atoms with Crippen molar-refractivity contribution in [1.29, 1.82) is 0 Å². The first-order valence-electron chi connectivity index (χ1n) is 8.25. The number of hydrogen-bond donors (Lipinski definition) is 3. The first-order chi connectivity index (χ1) is 11.6. The van der Waals surface area contributed by atoms with Crippen LogP contribution in [-0.4, -0.2) is 11.9 Å². The van der Waals surface area contributed by atoms with Crippen LogP contribution in [0.5, 0.6) is 0 Å². The molecule has 2 unspecified atom stereocenters. The van der Waals surface area contributed by atoms with Crippen LogP contribution in [0.15, 0.2) is 48.5 Å². The molecule has 4 nitrogen and oxygen atoms in total. The Balaban J connectivity index is 0.00000169. The van der Waals surface area contributed by atoms with Gasteiger partial charge in [0.1, 0.15) is 0 Å². The highest BCUT2D eigenvalue weighted by atomic mass is 35.5. The Hall–Kier alpha value is -1.46. The Bertz CT molecular complexity index is 712. The van der Waals surface area contributed by atoms with Gasteiger partial charge in [0.2, 0.25) is 5.91 Å². The van der Waals surface area contributed by atoms with Gasteiger partial charge in [-0.25, -0.2) is 0 Å². The normalized spacial score (nSPS) is 18.4. The fourth-order valence-electron chi connectivity index (χ4n) is 3.03. The van der Waals surface area contributed by atoms with E-state index in [2.05, 4.69) is 22.8 Å². The molecule has 7 heteroatoms. The lowest BCUT2D eigenvalue weighted by Gasteiger charge is -2.13. The van der Waals surface area contributed by atoms with Crippen molar-refractivity contribution in [2.24, 2.45) is 11.7 Å². The fraction of sp³-hybridized carbons (Fsp3) is 0.316. The van der Waals surface area contributed by atoms with E-state index in [4.69, 9.17) is 17.3 Å². The molecule has 0 aromatic heterocycles. The summed E-state index contributed by atoms with van der Waals surface area (Å²) in [6, 6.07) is 15.8. The van der Waals surface area contributed by atoms with Gasteiger partial charge in [0.05, 0.1) is 10.7 Å². The van der Waals surface area contributed by atoms with Gasteiger partial charge in [-0.1, -0.05) is 41.9 Å². The molecule has 0 heterocycles. The van der Waals surface area contributed by atoms with E-state index in [0.29, 0.717) is 11.6 Å². The van der Waals surface area contributed by atoms with Crippen molar-refractivity contribution in [3.8, 4) is 0 Å². The van der Waals surface area contributed by atoms with E-state index in [1.165, 1.54) is 5.56 Å². The van der Waals surface area contributed by atoms with Crippen LogP contribution in [0.1, 0.15) is 24.8 Å². The Morgan fingerprint density at radius 1 is 1.12 bits per heavy atom. The van der Waals surface area contributed by atoms with Crippen LogP contribution in [-0.2, 0) is 11.3 Å². The summed E-state index contributed by atoms with van der Waals surface area (Å²) in [6.07, 6.45) is 2.54. The molecule has 0 spiro atoms. The lowest BCUT2D eigenvalue weighted by Crippen LogP contribution is -2.23. The van der Waals surface area contributed by atoms with E-state index in [-0.39, 0.29) is 42.7 Å². The maximum absolute atomic E-state index is 12.2. The second-order valence-electron chi connectivity index (χ2n) is 6.29. The largest absolute Gasteiger partial charge is 0.380 e. The van der Waals surface area contributed by atoms with E-state index in [1.54, 1.807) is 6.07 Å². The number of carbonyl (C=O) groups excluding carboxylic acids is 1. The summed E-state index contributed by atoms with van der Waals surface area (Å²) in [4.78, 5) is 12.2. The fourth-order valence-corrected chi connectivity index (χ4v) is 3.28. The zero-order valence-electron chi connectivity index (χ0n) is 14.3. The van der Waals surface area contributed by atoms with Gasteiger partial charge in [-0.3, -0.25) is 4.79 Å². The first-order valence-corrected chi connectivity index (χ1v) is 8.63. The highest BCUT2D eigenvalue weighted by molar-refractivity contribution is 6.33. The number of amides is 1. The van der Waals surface area contributed by atoms with E-state index < -0.39 is 0 Å². The number of anilines is 2. The summed E-state index contributed by atoms with van der Waals surface area (Å²) < 4.78 is 0. The molecule has 1 aliphatic rings. The van der Waals surface area contributed by atoms with Crippen molar-refractivity contribution in [2.45, 2.75) is 31.8 Å². The average molecular weight is 417 g/mol. The van der Waals surface area contributed by atoms with Crippen LogP contribution in [0, 0.1) is 5.92 Å². The van der Waals surface area contributed by atoms with Crippen molar-refractivity contribution < 1.29 is 4.79 Å². The van der Waals surface area contributed by atoms with E-state index >= 15 is 0 Å². The van der Waals surface area contributed by atoms with E-state index in [0.717, 1.165) is 30.6 Å². The molecule has 0 saturated heterocycles. The molecule has 2 aromatic rings. The number of hydrogen-bond acceptors (Lipinski definition) is 3. The molecular formula is C19H24Cl3N3O. The number of nitrogens with two attached hydrogens (primary N) is 1. The second-order valence-corrected chi connectivity index (χ2v) is 6.70. The van der Waals surface area contributed by atoms with Crippen LogP contribution < -0.4 is 16.4 Å². The van der Waals surface area contributed by atoms with Gasteiger partial charge in [-0.15, -0.1) is 24.8 Å². The molecule has 26 heavy (non-hydrogen) atoms. The number of halogens is 3. The molecule has 3 rings (SSSR count). The number of rotatable bonds is 5. The second kappa shape index (κ2) is 10.6. The van der Waals surface area contributed by atoms with Gasteiger partial charge in [0, 0.05) is 24.2 Å². The summed E-state index contributed by atoms with van der Waals surface area (Å²) >= 11 is 6.33. The van der Waals surface area contributed by atoms with Gasteiger partial charge in [0.25, 0.3) is 0 Å². The summed E-state index contributed by atoms with van der Waals surface area (Å²) in [5, 5.41) is 6.84. The quantitative estimate of drug-likeness (QED) is 0.652. The molecule has 2 atom stereocenters. The highest BCUT2D eigenvalue weighted by Crippen LogP contribution is 2.28. The monoisotopic (exact) mass is 415 g/mol. The molecular weight excluding hydrogens is 393 g/mol. The SMILES string of the molecule is Cl.Cl.NC1CCC(C(=O)Nc2ccc(NCc3ccccc3)c(Cl)c2)C1. The predicted octanol–water partition coefficient (Wildman–Crippen LogP) is 4.86. The average Bonchev–Trinajstić information content (AvgIpc) is 3.02. The summed E-state index contributed by atoms with van der Waals surface area (Å²) in [7, 11) is 0. The smallest absolute Gasteiger partial charge is 0.227 e. The van der Waals surface area contributed by atoms with Gasteiger partial charge < -0.3 is 16.4 Å². The highest BCUT2D eigenvalue weighted by Gasteiger charge is 2.27. The molecule has 1 aliphatic carbocycles. The van der Waals surface area contributed by atoms with Gasteiger partial charge in [-0.05, 0) is 43.0 Å². The summed E-state index contributed by atoms with van der Waals surface area (Å²) in [5.74, 6) is 0.0404. The third-order valence-corrected chi connectivity index (χ3v) is 4.72. The standard InChI is InChI=1S/C19H22ClN3O.2ClH/c20-17-11-16(23-19(24)14-6-7-15(21)10-14)8-9-18(17)22-12-13-4-2-1-3-5-13;;/h1-5,8-9,11,14-15,22H,6-7,10,12,21H2,(H,23,24);2*1H. The van der Waals surface area contributed by atoms with Crippen LogP contribution >= 0.6 is 36.4 Å². The Kier molecular flexibility index (Phi) is 9.23. The van der Waals surface area contributed by atoms with Crippen LogP contribution in [0.25, 0.3) is 0 Å². The number of nitrogens with one attached hydrogen (secondary N) is 2. The maximum Gasteiger partial charge on any atom is 0.227 e. The molecule has 0 radical (unpaired) electrons. The molecule has 1 fully saturated rings. The zero-order chi connectivity index (χ0) is 16.9. The van der Waals surface area contributed by atoms with Crippen molar-refractivity contribution >= 4 is 53.7 Å². The van der Waals surface area contributed by atoms with E-state index in [9.17, 15) is 4.79 Å². The molecule has 4 N–H and O–H groups in total. The van der Waals surface area contributed by atoms with Crippen molar-refractivity contribution in [1.82, 2.24) is 0 Å². The minimum Gasteiger partial charge on any atom is -0.380 e. The van der Waals surface area contributed by atoms with Crippen molar-refractivity contribution in [2.75, 3.05) is 10.6 Å². The molecule has 142 valence electrons. The Labute approximate surface area is 171 Å². The topological polar surface area (TPSA) is 67.2 Å². The summed E-state index contributed by atoms with van der Waals surface area (Å²) in [6.45, 7) is 0.701. The zero-order valence-corrected chi connectivity index (χ0v) is 16.7. The Morgan fingerprint density at radius 3 is 2.46 bits per heavy atom. The van der Waals surface area contributed by atoms with Gasteiger partial charge in [-0.2, -0.15) is 0 Å². The van der Waals surface area contributed by atoms with Crippen LogP contribution in [0.3, 0.4) is 0 Å². The van der Waals surface area contributed by atoms with Gasteiger partial charge in [0.15, 0.2) is 0 Å². The third kappa shape index (κ3) is 6.06. The molecule has 0 aliphatic heterocycles. The third-order valence-electron chi connectivity index (χ3n) is 4.41. The van der Waals surface area contributed by atoms with Gasteiger partial charge >= 0.3 is 0 Å². The number of carbonyl (C=O) groups is 1. The maximum atomic E-state index is 12.2. The molecule has 2 aromatic carbocycles. The summed E-state index contributed by atoms with van der Waals surface area (Å²) in [5.41, 5.74) is 8.62. The van der Waals surface area contributed by atoms with E-state index in [1.807, 2.05) is 30.3 Å².